The molecule has 7 nitrogen and oxygen atoms in total. The number of imide groups is 1. The number of hydrogen-bond acceptors (Lipinski definition) is 4. The van der Waals surface area contributed by atoms with Gasteiger partial charge in [-0.25, -0.2) is 14.0 Å². The van der Waals surface area contributed by atoms with Crippen LogP contribution in [-0.2, 0) is 11.3 Å². The van der Waals surface area contributed by atoms with E-state index in [-0.39, 0.29) is 22.8 Å². The molecule has 1 fully saturated rings. The minimum Gasteiger partial charge on any atom is -0.478 e. The van der Waals surface area contributed by atoms with Crippen LogP contribution in [0.3, 0.4) is 0 Å². The van der Waals surface area contributed by atoms with Gasteiger partial charge in [0.05, 0.1) is 17.1 Å². The van der Waals surface area contributed by atoms with E-state index in [2.05, 4.69) is 5.32 Å². The third kappa shape index (κ3) is 4.19. The lowest BCUT2D eigenvalue weighted by Gasteiger charge is -2.11. The summed E-state index contributed by atoms with van der Waals surface area (Å²) in [4.78, 5) is 36.9. The van der Waals surface area contributed by atoms with Crippen LogP contribution in [0.15, 0.2) is 64.7 Å². The zero-order valence-corrected chi connectivity index (χ0v) is 16.5. The van der Waals surface area contributed by atoms with Crippen molar-refractivity contribution in [2.75, 3.05) is 0 Å². The number of rotatable bonds is 5. The number of benzene rings is 2. The smallest absolute Gasteiger partial charge is 0.337 e. The van der Waals surface area contributed by atoms with Gasteiger partial charge in [0.15, 0.2) is 0 Å². The highest BCUT2D eigenvalue weighted by atomic mass is 35.5. The third-order valence-electron chi connectivity index (χ3n) is 4.61. The molecule has 0 bridgehead atoms. The highest BCUT2D eigenvalue weighted by Gasteiger charge is 2.33. The molecule has 0 radical (unpaired) electrons. The molecule has 2 heterocycles. The first-order valence-electron chi connectivity index (χ1n) is 9.04. The monoisotopic (exact) mass is 440 g/mol. The number of amides is 3. The van der Waals surface area contributed by atoms with E-state index in [1.165, 1.54) is 42.5 Å². The number of carbonyl (C=O) groups is 3. The number of hydrogen-bond donors (Lipinski definition) is 2. The van der Waals surface area contributed by atoms with Crippen molar-refractivity contribution >= 4 is 35.6 Å². The van der Waals surface area contributed by atoms with Crippen molar-refractivity contribution in [1.29, 1.82) is 0 Å². The van der Waals surface area contributed by atoms with E-state index in [9.17, 15) is 18.8 Å². The molecule has 2 aromatic carbocycles. The van der Waals surface area contributed by atoms with Crippen LogP contribution in [-0.4, -0.2) is 27.9 Å². The Balaban J connectivity index is 1.53. The van der Waals surface area contributed by atoms with E-state index < -0.39 is 23.7 Å². The van der Waals surface area contributed by atoms with Crippen LogP contribution in [0, 0.1) is 5.82 Å². The van der Waals surface area contributed by atoms with Gasteiger partial charge in [-0.3, -0.25) is 9.69 Å². The van der Waals surface area contributed by atoms with E-state index >= 15 is 0 Å². The lowest BCUT2D eigenvalue weighted by Crippen LogP contribution is -2.30. The number of carboxylic acid groups (broad SMARTS) is 1. The summed E-state index contributed by atoms with van der Waals surface area (Å²) in [5, 5.41) is 11.6. The number of halogens is 2. The Kier molecular flexibility index (Phi) is 5.31. The van der Waals surface area contributed by atoms with Crippen molar-refractivity contribution in [2.24, 2.45) is 0 Å². The summed E-state index contributed by atoms with van der Waals surface area (Å²) in [5.74, 6) is -1.37. The van der Waals surface area contributed by atoms with Crippen LogP contribution >= 0.6 is 11.6 Å². The molecule has 0 saturated carbocycles. The van der Waals surface area contributed by atoms with E-state index in [0.717, 1.165) is 4.90 Å². The number of nitrogens with zero attached hydrogens (tertiary/aromatic N) is 1. The van der Waals surface area contributed by atoms with Crippen LogP contribution in [0.1, 0.15) is 21.7 Å². The quantitative estimate of drug-likeness (QED) is 0.448. The molecule has 1 aliphatic rings. The van der Waals surface area contributed by atoms with Crippen molar-refractivity contribution < 1.29 is 28.3 Å². The summed E-state index contributed by atoms with van der Waals surface area (Å²) in [5.41, 5.74) is 1.17. The maximum atomic E-state index is 13.0. The molecule has 0 unspecified atom stereocenters. The van der Waals surface area contributed by atoms with Gasteiger partial charge in [-0.2, -0.15) is 0 Å². The minimum absolute atomic E-state index is 0.000116. The molecule has 9 heteroatoms. The molecule has 0 spiro atoms. The predicted octanol–water partition coefficient (Wildman–Crippen LogP) is 4.53. The standard InChI is InChI=1S/C22H14ClFN2O5/c23-17-9-13(3-7-16(17)21(28)29)19-8-6-15(31-19)10-18-20(27)26(22(30)25-18)11-12-1-4-14(24)5-2-12/h1-10H,11H2,(H,25,30)(H,28,29). The zero-order valence-electron chi connectivity index (χ0n) is 15.8. The topological polar surface area (TPSA) is 99.9 Å². The van der Waals surface area contributed by atoms with Crippen LogP contribution in [0.4, 0.5) is 9.18 Å². The second kappa shape index (κ2) is 8.08. The molecule has 1 aromatic heterocycles. The Morgan fingerprint density at radius 2 is 1.87 bits per heavy atom. The maximum absolute atomic E-state index is 13.0. The molecule has 3 aromatic rings. The summed E-state index contributed by atoms with van der Waals surface area (Å²) in [6.07, 6.45) is 1.39. The summed E-state index contributed by atoms with van der Waals surface area (Å²) in [6.45, 7) is 0.000116. The first-order valence-corrected chi connectivity index (χ1v) is 9.41. The number of carboxylic acids is 1. The summed E-state index contributed by atoms with van der Waals surface area (Å²) >= 11 is 5.99. The molecule has 31 heavy (non-hydrogen) atoms. The van der Waals surface area contributed by atoms with Crippen LogP contribution in [0.5, 0.6) is 0 Å². The van der Waals surface area contributed by atoms with Gasteiger partial charge >= 0.3 is 12.0 Å². The van der Waals surface area contributed by atoms with E-state index in [0.29, 0.717) is 22.6 Å². The Morgan fingerprint density at radius 3 is 2.55 bits per heavy atom. The van der Waals surface area contributed by atoms with Gasteiger partial charge in [-0.05, 0) is 42.0 Å². The summed E-state index contributed by atoms with van der Waals surface area (Å²) in [7, 11) is 0. The van der Waals surface area contributed by atoms with Gasteiger partial charge in [0, 0.05) is 11.6 Å². The largest absolute Gasteiger partial charge is 0.478 e. The normalized spacial score (nSPS) is 14.9. The van der Waals surface area contributed by atoms with E-state index in [1.807, 2.05) is 0 Å². The fourth-order valence-corrected chi connectivity index (χ4v) is 3.32. The number of nitrogens with one attached hydrogen (secondary N) is 1. The van der Waals surface area contributed by atoms with Crippen molar-refractivity contribution in [3.8, 4) is 11.3 Å². The van der Waals surface area contributed by atoms with Crippen molar-refractivity contribution in [3.05, 3.63) is 88.0 Å². The molecule has 1 saturated heterocycles. The van der Waals surface area contributed by atoms with Gasteiger partial charge in [-0.1, -0.05) is 29.8 Å². The first kappa shape index (κ1) is 20.4. The number of urea groups is 1. The first-order chi connectivity index (χ1) is 14.8. The minimum atomic E-state index is -1.14. The maximum Gasteiger partial charge on any atom is 0.337 e. The number of furan rings is 1. The van der Waals surface area contributed by atoms with Crippen LogP contribution < -0.4 is 5.32 Å². The van der Waals surface area contributed by atoms with Crippen molar-refractivity contribution in [2.45, 2.75) is 6.54 Å². The van der Waals surface area contributed by atoms with Crippen molar-refractivity contribution in [3.63, 3.8) is 0 Å². The molecule has 4 rings (SSSR count). The van der Waals surface area contributed by atoms with Gasteiger partial charge in [0.25, 0.3) is 5.91 Å². The van der Waals surface area contributed by atoms with E-state index in [1.54, 1.807) is 18.2 Å². The van der Waals surface area contributed by atoms with E-state index in [4.69, 9.17) is 21.1 Å². The zero-order chi connectivity index (χ0) is 22.1. The highest BCUT2D eigenvalue weighted by molar-refractivity contribution is 6.33. The van der Waals surface area contributed by atoms with Gasteiger partial charge in [0.2, 0.25) is 0 Å². The molecule has 1 aliphatic heterocycles. The fraction of sp³-hybridized carbons (Fsp3) is 0.0455. The molecular formula is C22H14ClFN2O5. The SMILES string of the molecule is O=C(O)c1ccc(-c2ccc(C=C3NC(=O)N(Cc4ccc(F)cc4)C3=O)o2)cc1Cl. The molecule has 2 N–H and O–H groups in total. The predicted molar refractivity (Wildman–Crippen MR) is 110 cm³/mol. The molecule has 0 atom stereocenters. The highest BCUT2D eigenvalue weighted by Crippen LogP contribution is 2.28. The Labute approximate surface area is 180 Å². The molecule has 0 aliphatic carbocycles. The van der Waals surface area contributed by atoms with Gasteiger partial charge in [0.1, 0.15) is 23.0 Å². The lowest BCUT2D eigenvalue weighted by molar-refractivity contribution is -0.123. The third-order valence-corrected chi connectivity index (χ3v) is 4.93. The second-order valence-electron chi connectivity index (χ2n) is 6.71. The Bertz CT molecular complexity index is 1230. The lowest BCUT2D eigenvalue weighted by atomic mass is 10.1. The van der Waals surface area contributed by atoms with Crippen LogP contribution in [0.25, 0.3) is 17.4 Å². The molecule has 156 valence electrons. The average Bonchev–Trinajstić information content (AvgIpc) is 3.29. The fourth-order valence-electron chi connectivity index (χ4n) is 3.06. The van der Waals surface area contributed by atoms with Gasteiger partial charge in [-0.15, -0.1) is 0 Å². The number of aromatic carboxylic acids is 1. The average molecular weight is 441 g/mol. The summed E-state index contributed by atoms with van der Waals surface area (Å²) < 4.78 is 18.7. The summed E-state index contributed by atoms with van der Waals surface area (Å²) in [6, 6.07) is 12.5. The Morgan fingerprint density at radius 1 is 1.13 bits per heavy atom. The second-order valence-corrected chi connectivity index (χ2v) is 7.11. The molecular weight excluding hydrogens is 427 g/mol. The number of carbonyl (C=O) groups excluding carboxylic acids is 2. The Hall–Kier alpha value is -3.91. The van der Waals surface area contributed by atoms with Crippen LogP contribution in [0.2, 0.25) is 5.02 Å². The molecule has 3 amide bonds. The van der Waals surface area contributed by atoms with Crippen molar-refractivity contribution in [1.82, 2.24) is 10.2 Å². The van der Waals surface area contributed by atoms with Gasteiger partial charge < -0.3 is 14.8 Å².